The van der Waals surface area contributed by atoms with Crippen molar-refractivity contribution in [2.45, 2.75) is 40.0 Å². The third kappa shape index (κ3) is 4.82. The highest BCUT2D eigenvalue weighted by Gasteiger charge is 2.37. The number of methoxy groups -OCH3 is 1. The van der Waals surface area contributed by atoms with E-state index in [2.05, 4.69) is 26.1 Å². The lowest BCUT2D eigenvalue weighted by Crippen LogP contribution is -2.54. The number of aromatic nitrogens is 1. The summed E-state index contributed by atoms with van der Waals surface area (Å²) < 4.78 is 6.71. The van der Waals surface area contributed by atoms with Crippen molar-refractivity contribution in [2.24, 2.45) is 0 Å². The zero-order valence-corrected chi connectivity index (χ0v) is 21.7. The molecule has 1 aromatic heterocycles. The zero-order valence-electron chi connectivity index (χ0n) is 21.7. The molecule has 1 saturated heterocycles. The normalized spacial score (nSPS) is 15.2. The van der Waals surface area contributed by atoms with Crippen LogP contribution in [-0.4, -0.2) is 35.5 Å². The van der Waals surface area contributed by atoms with Gasteiger partial charge in [-0.1, -0.05) is 32.9 Å². The van der Waals surface area contributed by atoms with Gasteiger partial charge in [0, 0.05) is 17.1 Å². The van der Waals surface area contributed by atoms with E-state index >= 15 is 0 Å². The molecule has 8 nitrogen and oxygen atoms in total. The molecule has 4 rings (SSSR count). The van der Waals surface area contributed by atoms with E-state index in [1.807, 2.05) is 36.6 Å². The van der Waals surface area contributed by atoms with Gasteiger partial charge in [0.1, 0.15) is 5.57 Å². The van der Waals surface area contributed by atoms with Gasteiger partial charge in [0.15, 0.2) is 0 Å². The van der Waals surface area contributed by atoms with E-state index in [-0.39, 0.29) is 11.0 Å². The van der Waals surface area contributed by atoms with Crippen molar-refractivity contribution in [1.82, 2.24) is 9.88 Å². The molecule has 0 bridgehead atoms. The van der Waals surface area contributed by atoms with Crippen LogP contribution in [0.15, 0.2) is 60.2 Å². The lowest BCUT2D eigenvalue weighted by atomic mass is 9.87. The molecular weight excluding hydrogens is 470 g/mol. The Labute approximate surface area is 215 Å². The molecule has 1 aliphatic heterocycles. The van der Waals surface area contributed by atoms with Gasteiger partial charge in [0.25, 0.3) is 11.8 Å². The molecule has 2 aromatic carbocycles. The zero-order chi connectivity index (χ0) is 27.1. The topological polar surface area (TPSA) is 97.7 Å². The number of esters is 1. The van der Waals surface area contributed by atoms with Crippen LogP contribution in [0.25, 0.3) is 11.8 Å². The fraction of sp³-hybridized carbons (Fsp3) is 0.241. The van der Waals surface area contributed by atoms with Crippen LogP contribution in [0.2, 0.25) is 0 Å². The third-order valence-electron chi connectivity index (χ3n) is 6.41. The number of anilines is 1. The molecule has 0 radical (unpaired) electrons. The Morgan fingerprint density at radius 1 is 0.919 bits per heavy atom. The molecule has 1 aliphatic rings. The highest BCUT2D eigenvalue weighted by molar-refractivity contribution is 6.39. The molecule has 8 heteroatoms. The molecule has 1 N–H and O–H groups in total. The second-order valence-corrected chi connectivity index (χ2v) is 9.96. The standard InChI is InChI=1S/C29H29N3O5/c1-17-15-20(18(2)31(17)22-11-7-19(8-12-22)27(35)37-6)16-24-25(33)30-28(36)32(26(24)34)23-13-9-21(10-14-23)29(3,4)5/h7-16H,1-6H3,(H,30,33,36)/b24-16-. The van der Waals surface area contributed by atoms with Crippen molar-refractivity contribution in [1.29, 1.82) is 0 Å². The van der Waals surface area contributed by atoms with E-state index in [4.69, 9.17) is 4.74 Å². The van der Waals surface area contributed by atoms with Crippen molar-refractivity contribution >= 4 is 35.6 Å². The molecule has 1 fully saturated rings. The summed E-state index contributed by atoms with van der Waals surface area (Å²) in [6.07, 6.45) is 1.50. The first-order valence-corrected chi connectivity index (χ1v) is 11.8. The maximum absolute atomic E-state index is 13.4. The molecule has 3 aromatic rings. The maximum Gasteiger partial charge on any atom is 0.337 e. The Morgan fingerprint density at radius 2 is 1.51 bits per heavy atom. The predicted molar refractivity (Wildman–Crippen MR) is 141 cm³/mol. The largest absolute Gasteiger partial charge is 0.465 e. The van der Waals surface area contributed by atoms with Gasteiger partial charge in [-0.05, 0) is 78.9 Å². The Kier molecular flexibility index (Phi) is 6.61. The minimum Gasteiger partial charge on any atom is -0.465 e. The van der Waals surface area contributed by atoms with Gasteiger partial charge < -0.3 is 9.30 Å². The Bertz CT molecular complexity index is 1440. The van der Waals surface area contributed by atoms with Gasteiger partial charge in [-0.3, -0.25) is 14.9 Å². The van der Waals surface area contributed by atoms with Crippen molar-refractivity contribution in [3.8, 4) is 5.69 Å². The highest BCUT2D eigenvalue weighted by Crippen LogP contribution is 2.28. The van der Waals surface area contributed by atoms with Crippen molar-refractivity contribution in [2.75, 3.05) is 12.0 Å². The van der Waals surface area contributed by atoms with Crippen LogP contribution < -0.4 is 10.2 Å². The Morgan fingerprint density at radius 3 is 2.08 bits per heavy atom. The number of carbonyl (C=O) groups excluding carboxylic acids is 4. The number of hydrogen-bond acceptors (Lipinski definition) is 5. The minimum atomic E-state index is -0.785. The molecule has 0 spiro atoms. The van der Waals surface area contributed by atoms with Crippen LogP contribution in [0.4, 0.5) is 10.5 Å². The summed E-state index contributed by atoms with van der Waals surface area (Å²) in [6.45, 7) is 9.99. The monoisotopic (exact) mass is 499 g/mol. The quantitative estimate of drug-likeness (QED) is 0.315. The van der Waals surface area contributed by atoms with Crippen LogP contribution in [0, 0.1) is 13.8 Å². The second kappa shape index (κ2) is 9.54. The number of carbonyl (C=O) groups is 4. The van der Waals surface area contributed by atoms with Gasteiger partial charge in [-0.25, -0.2) is 14.5 Å². The summed E-state index contributed by atoms with van der Waals surface area (Å²) in [7, 11) is 1.33. The van der Waals surface area contributed by atoms with E-state index in [1.54, 1.807) is 36.4 Å². The van der Waals surface area contributed by atoms with Crippen LogP contribution in [0.5, 0.6) is 0 Å². The SMILES string of the molecule is COC(=O)c1ccc(-n2c(C)cc(/C=C3/C(=O)NC(=O)N(c4ccc(C(C)(C)C)cc4)C3=O)c2C)cc1. The smallest absolute Gasteiger partial charge is 0.337 e. The summed E-state index contributed by atoms with van der Waals surface area (Å²) >= 11 is 0. The van der Waals surface area contributed by atoms with Crippen LogP contribution in [0.1, 0.15) is 53.6 Å². The number of amides is 4. The number of urea groups is 1. The molecule has 4 amide bonds. The number of rotatable bonds is 4. The van der Waals surface area contributed by atoms with Gasteiger partial charge in [0.05, 0.1) is 18.4 Å². The lowest BCUT2D eigenvalue weighted by Gasteiger charge is -2.27. The molecule has 190 valence electrons. The second-order valence-electron chi connectivity index (χ2n) is 9.96. The number of nitrogens with one attached hydrogen (secondary N) is 1. The summed E-state index contributed by atoms with van der Waals surface area (Å²) in [6, 6.07) is 15.2. The van der Waals surface area contributed by atoms with Crippen molar-refractivity contribution in [3.63, 3.8) is 0 Å². The highest BCUT2D eigenvalue weighted by atomic mass is 16.5. The molecule has 0 aliphatic carbocycles. The first-order valence-electron chi connectivity index (χ1n) is 11.8. The minimum absolute atomic E-state index is 0.0874. The van der Waals surface area contributed by atoms with Crippen LogP contribution in [0.3, 0.4) is 0 Å². The number of benzene rings is 2. The number of barbiturate groups is 1. The maximum atomic E-state index is 13.4. The van der Waals surface area contributed by atoms with Crippen LogP contribution >= 0.6 is 0 Å². The number of nitrogens with zero attached hydrogens (tertiary/aromatic N) is 2. The summed E-state index contributed by atoms with van der Waals surface area (Å²) in [5, 5.41) is 2.28. The molecule has 37 heavy (non-hydrogen) atoms. The lowest BCUT2D eigenvalue weighted by molar-refractivity contribution is -0.122. The van der Waals surface area contributed by atoms with Gasteiger partial charge in [-0.15, -0.1) is 0 Å². The third-order valence-corrected chi connectivity index (χ3v) is 6.41. The molecule has 0 unspecified atom stereocenters. The average molecular weight is 500 g/mol. The predicted octanol–water partition coefficient (Wildman–Crippen LogP) is 4.84. The Balaban J connectivity index is 1.69. The van der Waals surface area contributed by atoms with Crippen molar-refractivity contribution in [3.05, 3.63) is 88.2 Å². The van der Waals surface area contributed by atoms with Gasteiger partial charge >= 0.3 is 12.0 Å². The van der Waals surface area contributed by atoms with Gasteiger partial charge in [0.2, 0.25) is 0 Å². The summed E-state index contributed by atoms with van der Waals surface area (Å²) in [5.41, 5.74) is 4.76. The summed E-state index contributed by atoms with van der Waals surface area (Å²) in [5.74, 6) is -1.86. The van der Waals surface area contributed by atoms with E-state index in [0.29, 0.717) is 16.8 Å². The van der Waals surface area contributed by atoms with E-state index in [1.165, 1.54) is 13.2 Å². The van der Waals surface area contributed by atoms with E-state index in [0.717, 1.165) is 27.5 Å². The number of hydrogen-bond donors (Lipinski definition) is 1. The van der Waals surface area contributed by atoms with Crippen molar-refractivity contribution < 1.29 is 23.9 Å². The first-order chi connectivity index (χ1) is 17.4. The van der Waals surface area contributed by atoms with Gasteiger partial charge in [-0.2, -0.15) is 0 Å². The molecule has 2 heterocycles. The Hall–Kier alpha value is -4.46. The fourth-order valence-corrected chi connectivity index (χ4v) is 4.35. The molecule has 0 atom stereocenters. The summed E-state index contributed by atoms with van der Waals surface area (Å²) in [4.78, 5) is 51.4. The number of aryl methyl sites for hydroxylation is 1. The molecule has 0 saturated carbocycles. The number of ether oxygens (including phenoxy) is 1. The average Bonchev–Trinajstić information content (AvgIpc) is 3.13. The van der Waals surface area contributed by atoms with E-state index in [9.17, 15) is 19.2 Å². The molecular formula is C29H29N3O5. The van der Waals surface area contributed by atoms with Crippen LogP contribution in [-0.2, 0) is 19.7 Å². The first kappa shape index (κ1) is 25.6. The number of imide groups is 2. The fourth-order valence-electron chi connectivity index (χ4n) is 4.35. The van der Waals surface area contributed by atoms with E-state index < -0.39 is 23.8 Å².